The second-order valence-electron chi connectivity index (χ2n) is 6.23. The van der Waals surface area contributed by atoms with Crippen LogP contribution in [0.4, 0.5) is 18.9 Å². The molecule has 1 heterocycles. The van der Waals surface area contributed by atoms with Crippen LogP contribution in [0.5, 0.6) is 5.75 Å². The Kier molecular flexibility index (Phi) is 6.71. The summed E-state index contributed by atoms with van der Waals surface area (Å²) in [7, 11) is 2.74. The number of hydrogen-bond acceptors (Lipinski definition) is 5. The Balaban J connectivity index is 1.80. The molecule has 0 saturated carbocycles. The number of benzene rings is 2. The van der Waals surface area contributed by atoms with Crippen molar-refractivity contribution in [1.29, 1.82) is 0 Å². The highest BCUT2D eigenvalue weighted by molar-refractivity contribution is 9.10. The maximum absolute atomic E-state index is 12.8. The first-order valence-electron chi connectivity index (χ1n) is 8.68. The molecule has 5 nitrogen and oxygen atoms in total. The van der Waals surface area contributed by atoms with Gasteiger partial charge < -0.3 is 14.8 Å². The zero-order chi connectivity index (χ0) is 22.8. The molecule has 0 unspecified atom stereocenters. The summed E-state index contributed by atoms with van der Waals surface area (Å²) in [5, 5.41) is 4.41. The van der Waals surface area contributed by atoms with E-state index in [9.17, 15) is 22.8 Å². The lowest BCUT2D eigenvalue weighted by Crippen LogP contribution is -2.13. The number of amides is 1. The number of anilines is 1. The number of rotatable bonds is 5. The molecule has 0 aliphatic rings. The minimum atomic E-state index is -4.50. The van der Waals surface area contributed by atoms with Crippen molar-refractivity contribution in [3.8, 4) is 16.9 Å². The zero-order valence-corrected chi connectivity index (χ0v) is 18.6. The third-order valence-electron chi connectivity index (χ3n) is 4.32. The van der Waals surface area contributed by atoms with Crippen LogP contribution in [0, 0.1) is 0 Å². The third-order valence-corrected chi connectivity index (χ3v) is 5.91. The van der Waals surface area contributed by atoms with Crippen LogP contribution in [0.2, 0.25) is 0 Å². The van der Waals surface area contributed by atoms with Crippen molar-refractivity contribution < 1.29 is 32.2 Å². The first kappa shape index (κ1) is 22.8. The van der Waals surface area contributed by atoms with Gasteiger partial charge in [-0.15, -0.1) is 11.3 Å². The van der Waals surface area contributed by atoms with Gasteiger partial charge in [-0.1, -0.05) is 12.1 Å². The van der Waals surface area contributed by atoms with E-state index in [2.05, 4.69) is 21.2 Å². The van der Waals surface area contributed by atoms with Crippen LogP contribution in [0.3, 0.4) is 0 Å². The molecule has 0 radical (unpaired) electrons. The summed E-state index contributed by atoms with van der Waals surface area (Å²) in [4.78, 5) is 24.7. The minimum Gasteiger partial charge on any atom is -0.494 e. The van der Waals surface area contributed by atoms with Gasteiger partial charge in [-0.05, 0) is 51.8 Å². The Morgan fingerprint density at radius 1 is 1.06 bits per heavy atom. The van der Waals surface area contributed by atoms with E-state index in [1.165, 1.54) is 25.6 Å². The highest BCUT2D eigenvalue weighted by Crippen LogP contribution is 2.39. The van der Waals surface area contributed by atoms with Gasteiger partial charge >= 0.3 is 12.1 Å². The Morgan fingerprint density at radius 2 is 1.74 bits per heavy atom. The van der Waals surface area contributed by atoms with E-state index in [4.69, 9.17) is 9.47 Å². The number of alkyl halides is 3. The van der Waals surface area contributed by atoms with E-state index < -0.39 is 23.6 Å². The molecule has 1 amide bonds. The SMILES string of the molecule is COC(=O)c1scc(-c2ccc(NC(=O)c3ccc(C(F)(F)F)cc3Br)cc2)c1OC. The molecule has 2 aromatic carbocycles. The van der Waals surface area contributed by atoms with E-state index in [0.717, 1.165) is 23.8 Å². The number of thiophene rings is 1. The van der Waals surface area contributed by atoms with Gasteiger partial charge in [0.15, 0.2) is 10.6 Å². The molecule has 0 bridgehead atoms. The van der Waals surface area contributed by atoms with Gasteiger partial charge in [0.05, 0.1) is 25.3 Å². The largest absolute Gasteiger partial charge is 0.494 e. The molecule has 162 valence electrons. The predicted molar refractivity (Wildman–Crippen MR) is 115 cm³/mol. The van der Waals surface area contributed by atoms with Crippen LogP contribution in [-0.2, 0) is 10.9 Å². The fraction of sp³-hybridized carbons (Fsp3) is 0.143. The average Bonchev–Trinajstić information content (AvgIpc) is 3.17. The molecule has 3 aromatic rings. The monoisotopic (exact) mass is 513 g/mol. The fourth-order valence-corrected chi connectivity index (χ4v) is 4.31. The van der Waals surface area contributed by atoms with Crippen molar-refractivity contribution in [2.75, 3.05) is 19.5 Å². The number of ether oxygens (including phenoxy) is 2. The van der Waals surface area contributed by atoms with E-state index in [0.29, 0.717) is 21.9 Å². The molecule has 0 aliphatic carbocycles. The standard InChI is InChI=1S/C21H15BrF3NO4S/c1-29-17-15(10-31-18(17)20(28)30-2)11-3-6-13(7-4-11)26-19(27)14-8-5-12(9-16(14)22)21(23,24)25/h3-10H,1-2H3,(H,26,27). The van der Waals surface area contributed by atoms with Crippen molar-refractivity contribution >= 4 is 44.8 Å². The molecule has 0 fully saturated rings. The van der Waals surface area contributed by atoms with E-state index >= 15 is 0 Å². The summed E-state index contributed by atoms with van der Waals surface area (Å²) in [6.07, 6.45) is -4.50. The summed E-state index contributed by atoms with van der Waals surface area (Å²) in [6, 6.07) is 9.55. The summed E-state index contributed by atoms with van der Waals surface area (Å²) in [6.45, 7) is 0. The summed E-state index contributed by atoms with van der Waals surface area (Å²) >= 11 is 4.21. The molecule has 0 spiro atoms. The molecule has 1 aromatic heterocycles. The average molecular weight is 514 g/mol. The van der Waals surface area contributed by atoms with Crippen LogP contribution in [-0.4, -0.2) is 26.1 Å². The molecular formula is C21H15BrF3NO4S. The molecule has 0 atom stereocenters. The van der Waals surface area contributed by atoms with Crippen LogP contribution in [0.1, 0.15) is 25.6 Å². The number of carbonyl (C=O) groups is 2. The smallest absolute Gasteiger partial charge is 0.416 e. The van der Waals surface area contributed by atoms with Gasteiger partial charge in [0.25, 0.3) is 5.91 Å². The van der Waals surface area contributed by atoms with Crippen LogP contribution < -0.4 is 10.1 Å². The molecule has 31 heavy (non-hydrogen) atoms. The molecule has 10 heteroatoms. The van der Waals surface area contributed by atoms with Gasteiger partial charge in [0.2, 0.25) is 0 Å². The summed E-state index contributed by atoms with van der Waals surface area (Å²) in [5.74, 6) is -0.670. The fourth-order valence-electron chi connectivity index (χ4n) is 2.79. The van der Waals surface area contributed by atoms with Crippen molar-refractivity contribution in [2.24, 2.45) is 0 Å². The van der Waals surface area contributed by atoms with Gasteiger partial charge in [-0.2, -0.15) is 13.2 Å². The summed E-state index contributed by atoms with van der Waals surface area (Å²) < 4.78 is 48.5. The number of halogens is 4. The van der Waals surface area contributed by atoms with Crippen molar-refractivity contribution in [3.63, 3.8) is 0 Å². The number of nitrogens with one attached hydrogen (secondary N) is 1. The summed E-state index contributed by atoms with van der Waals surface area (Å²) in [5.41, 5.74) is 1.10. The lowest BCUT2D eigenvalue weighted by Gasteiger charge is -2.11. The molecule has 3 rings (SSSR count). The van der Waals surface area contributed by atoms with Crippen molar-refractivity contribution in [1.82, 2.24) is 0 Å². The molecule has 0 saturated heterocycles. The lowest BCUT2D eigenvalue weighted by molar-refractivity contribution is -0.137. The molecular weight excluding hydrogens is 499 g/mol. The number of carbonyl (C=O) groups excluding carboxylic acids is 2. The van der Waals surface area contributed by atoms with E-state index in [1.807, 2.05) is 0 Å². The second kappa shape index (κ2) is 9.11. The molecule has 0 aliphatic heterocycles. The topological polar surface area (TPSA) is 64.6 Å². The van der Waals surface area contributed by atoms with Gasteiger partial charge in [0, 0.05) is 21.1 Å². The minimum absolute atomic E-state index is 0.0368. The Morgan fingerprint density at radius 3 is 2.29 bits per heavy atom. The normalized spacial score (nSPS) is 11.2. The van der Waals surface area contributed by atoms with E-state index in [1.54, 1.807) is 29.6 Å². The number of methoxy groups -OCH3 is 2. The Labute approximate surface area is 187 Å². The predicted octanol–water partition coefficient (Wildman–Crippen LogP) is 6.24. The number of hydrogen-bond donors (Lipinski definition) is 1. The highest BCUT2D eigenvalue weighted by Gasteiger charge is 2.31. The maximum Gasteiger partial charge on any atom is 0.416 e. The Hall–Kier alpha value is -2.85. The van der Waals surface area contributed by atoms with E-state index in [-0.39, 0.29) is 10.0 Å². The van der Waals surface area contributed by atoms with Gasteiger partial charge in [0.1, 0.15) is 0 Å². The first-order valence-corrected chi connectivity index (χ1v) is 10.3. The quantitative estimate of drug-likeness (QED) is 0.410. The Bertz CT molecular complexity index is 1130. The third kappa shape index (κ3) is 4.91. The van der Waals surface area contributed by atoms with Crippen LogP contribution in [0.15, 0.2) is 52.3 Å². The highest BCUT2D eigenvalue weighted by atomic mass is 79.9. The maximum atomic E-state index is 12.8. The van der Waals surface area contributed by atoms with Crippen LogP contribution in [0.25, 0.3) is 11.1 Å². The second-order valence-corrected chi connectivity index (χ2v) is 7.96. The van der Waals surface area contributed by atoms with Crippen LogP contribution >= 0.6 is 27.3 Å². The van der Waals surface area contributed by atoms with Crippen molar-refractivity contribution in [3.05, 3.63) is 68.3 Å². The first-order chi connectivity index (χ1) is 14.7. The van der Waals surface area contributed by atoms with Crippen molar-refractivity contribution in [2.45, 2.75) is 6.18 Å². The van der Waals surface area contributed by atoms with Gasteiger partial charge in [-0.3, -0.25) is 4.79 Å². The van der Waals surface area contributed by atoms with Gasteiger partial charge in [-0.25, -0.2) is 4.79 Å². The number of esters is 1. The molecule has 1 N–H and O–H groups in total. The zero-order valence-electron chi connectivity index (χ0n) is 16.2. The lowest BCUT2D eigenvalue weighted by atomic mass is 10.1.